The van der Waals surface area contributed by atoms with Gasteiger partial charge in [0.2, 0.25) is 0 Å². The number of carbonyl (C=O) groups is 2. The number of hydrogen-bond donors (Lipinski definition) is 0. The van der Waals surface area contributed by atoms with Gasteiger partial charge in [0.05, 0.1) is 7.11 Å². The van der Waals surface area contributed by atoms with Gasteiger partial charge in [-0.2, -0.15) is 0 Å². The van der Waals surface area contributed by atoms with Crippen LogP contribution in [0.3, 0.4) is 0 Å². The number of esters is 2. The van der Waals surface area contributed by atoms with Gasteiger partial charge in [-0.1, -0.05) is 39.8 Å². The fourth-order valence-electron chi connectivity index (χ4n) is 5.54. The zero-order chi connectivity index (χ0) is 28.7. The summed E-state index contributed by atoms with van der Waals surface area (Å²) >= 11 is 0. The Balaban J connectivity index is 1.93. The van der Waals surface area contributed by atoms with Crippen molar-refractivity contribution in [2.75, 3.05) is 34.3 Å². The van der Waals surface area contributed by atoms with E-state index >= 15 is 0 Å². The van der Waals surface area contributed by atoms with Crippen LogP contribution in [0.25, 0.3) is 6.08 Å². The second kappa shape index (κ2) is 10.6. The van der Waals surface area contributed by atoms with E-state index in [0.717, 1.165) is 13.1 Å². The normalized spacial score (nSPS) is 26.2. The Bertz CT molecular complexity index is 997. The van der Waals surface area contributed by atoms with Crippen molar-refractivity contribution in [2.45, 2.75) is 91.5 Å². The number of nitrogens with zero attached hydrogens (tertiary/aromatic N) is 2. The highest BCUT2D eigenvalue weighted by Crippen LogP contribution is 2.46. The van der Waals surface area contributed by atoms with Crippen molar-refractivity contribution >= 4 is 18.0 Å². The van der Waals surface area contributed by atoms with Gasteiger partial charge in [-0.05, 0) is 78.4 Å². The Morgan fingerprint density at radius 2 is 1.16 bits per heavy atom. The highest BCUT2D eigenvalue weighted by atomic mass is 16.6. The van der Waals surface area contributed by atoms with Gasteiger partial charge in [0.1, 0.15) is 23.5 Å². The van der Waals surface area contributed by atoms with E-state index in [1.807, 2.05) is 12.1 Å². The summed E-state index contributed by atoms with van der Waals surface area (Å²) in [5, 5.41) is 0. The van der Waals surface area contributed by atoms with Crippen molar-refractivity contribution in [1.82, 2.24) is 9.80 Å². The summed E-state index contributed by atoms with van der Waals surface area (Å²) in [7, 11) is 5.79. The molecule has 0 radical (unpaired) electrons. The standard InChI is InChI=1S/C31H48N2O5/c1-28(2)24(16-18-32(9)30(28,5)6)37-26(34)23(20-21-12-14-22(36-11)15-13-21)27(35)38-25-17-19-33(10)31(7,8)29(25,3)4/h12-15,20,24-25H,16-19H2,1-11H3. The molecule has 1 aromatic rings. The average Bonchev–Trinajstić information content (AvgIpc) is 2.84. The fraction of sp³-hybridized carbons (Fsp3) is 0.677. The van der Waals surface area contributed by atoms with Gasteiger partial charge >= 0.3 is 11.9 Å². The molecule has 0 aromatic heterocycles. The molecule has 0 spiro atoms. The lowest BCUT2D eigenvalue weighted by Crippen LogP contribution is -2.63. The predicted octanol–water partition coefficient (Wildman–Crippen LogP) is 5.18. The van der Waals surface area contributed by atoms with E-state index < -0.39 is 11.9 Å². The molecule has 2 aliphatic rings. The second-order valence-corrected chi connectivity index (χ2v) is 13.1. The van der Waals surface area contributed by atoms with Crippen LogP contribution < -0.4 is 4.74 Å². The Hall–Kier alpha value is -2.38. The molecule has 1 aromatic carbocycles. The third kappa shape index (κ3) is 5.37. The number of piperidine rings is 2. The molecule has 38 heavy (non-hydrogen) atoms. The zero-order valence-electron chi connectivity index (χ0n) is 25.3. The van der Waals surface area contributed by atoms with Gasteiger partial charge in [0.25, 0.3) is 0 Å². The first kappa shape index (κ1) is 30.2. The van der Waals surface area contributed by atoms with Crippen LogP contribution in [0, 0.1) is 10.8 Å². The molecule has 7 nitrogen and oxygen atoms in total. The molecule has 2 atom stereocenters. The van der Waals surface area contributed by atoms with Gasteiger partial charge < -0.3 is 24.0 Å². The largest absolute Gasteiger partial charge is 0.497 e. The van der Waals surface area contributed by atoms with Crippen LogP contribution >= 0.6 is 0 Å². The maximum Gasteiger partial charge on any atom is 0.345 e. The van der Waals surface area contributed by atoms with Crippen LogP contribution in [0.4, 0.5) is 0 Å². The number of benzene rings is 1. The van der Waals surface area contributed by atoms with Crippen LogP contribution in [0.2, 0.25) is 0 Å². The van der Waals surface area contributed by atoms with E-state index in [1.54, 1.807) is 25.3 Å². The molecular weight excluding hydrogens is 480 g/mol. The smallest absolute Gasteiger partial charge is 0.345 e. The molecule has 0 amide bonds. The lowest BCUT2D eigenvalue weighted by atomic mass is 9.66. The molecule has 2 fully saturated rings. The van der Waals surface area contributed by atoms with Crippen LogP contribution in [0.1, 0.15) is 73.8 Å². The van der Waals surface area contributed by atoms with Gasteiger partial charge in [-0.25, -0.2) is 9.59 Å². The molecule has 2 unspecified atom stereocenters. The van der Waals surface area contributed by atoms with E-state index in [2.05, 4.69) is 79.3 Å². The third-order valence-corrected chi connectivity index (χ3v) is 10.5. The van der Waals surface area contributed by atoms with Crippen LogP contribution in [-0.2, 0) is 19.1 Å². The number of ether oxygens (including phenoxy) is 3. The number of rotatable bonds is 6. The first-order valence-corrected chi connectivity index (χ1v) is 13.7. The van der Waals surface area contributed by atoms with E-state index in [4.69, 9.17) is 14.2 Å². The molecule has 3 rings (SSSR count). The van der Waals surface area contributed by atoms with Crippen LogP contribution in [0.15, 0.2) is 29.8 Å². The summed E-state index contributed by atoms with van der Waals surface area (Å²) in [6.45, 7) is 18.7. The van der Waals surface area contributed by atoms with E-state index in [1.165, 1.54) is 0 Å². The molecular formula is C31H48N2O5. The Morgan fingerprint density at radius 1 is 0.763 bits per heavy atom. The SMILES string of the molecule is COc1ccc(C=C(C(=O)OC2CCN(C)C(C)(C)C2(C)C)C(=O)OC2CCN(C)C(C)(C)C2(C)C)cc1. The summed E-state index contributed by atoms with van der Waals surface area (Å²) < 4.78 is 17.5. The first-order valence-electron chi connectivity index (χ1n) is 13.7. The molecule has 2 heterocycles. The quantitative estimate of drug-likeness (QED) is 0.218. The maximum absolute atomic E-state index is 13.7. The van der Waals surface area contributed by atoms with E-state index in [0.29, 0.717) is 24.2 Å². The number of methoxy groups -OCH3 is 1. The molecule has 2 aliphatic heterocycles. The van der Waals surface area contributed by atoms with Crippen LogP contribution in [-0.4, -0.2) is 79.3 Å². The van der Waals surface area contributed by atoms with Crippen molar-refractivity contribution in [3.63, 3.8) is 0 Å². The highest BCUT2D eigenvalue weighted by Gasteiger charge is 2.52. The van der Waals surface area contributed by atoms with Crippen molar-refractivity contribution in [3.8, 4) is 5.75 Å². The third-order valence-electron chi connectivity index (χ3n) is 10.5. The van der Waals surface area contributed by atoms with Crippen molar-refractivity contribution in [1.29, 1.82) is 0 Å². The van der Waals surface area contributed by atoms with Gasteiger partial charge in [-0.3, -0.25) is 0 Å². The topological polar surface area (TPSA) is 68.3 Å². The summed E-state index contributed by atoms with van der Waals surface area (Å²) in [4.78, 5) is 32.0. The number of hydrogen-bond acceptors (Lipinski definition) is 7. The summed E-state index contributed by atoms with van der Waals surface area (Å²) in [6, 6.07) is 7.21. The molecule has 0 aliphatic carbocycles. The van der Waals surface area contributed by atoms with Crippen molar-refractivity contribution < 1.29 is 23.8 Å². The minimum absolute atomic E-state index is 0.0877. The summed E-state index contributed by atoms with van der Waals surface area (Å²) in [5.41, 5.74) is -0.438. The second-order valence-electron chi connectivity index (χ2n) is 13.1. The molecule has 0 saturated carbocycles. The zero-order valence-corrected chi connectivity index (χ0v) is 25.3. The lowest BCUT2D eigenvalue weighted by Gasteiger charge is -2.55. The first-order chi connectivity index (χ1) is 17.5. The maximum atomic E-state index is 13.7. The van der Waals surface area contributed by atoms with E-state index in [-0.39, 0.29) is 39.7 Å². The Labute approximate surface area is 229 Å². The van der Waals surface area contributed by atoms with Gasteiger partial charge in [0.15, 0.2) is 0 Å². The molecule has 0 N–H and O–H groups in total. The highest BCUT2D eigenvalue weighted by molar-refractivity contribution is 6.17. The van der Waals surface area contributed by atoms with Crippen molar-refractivity contribution in [2.24, 2.45) is 10.8 Å². The molecule has 7 heteroatoms. The summed E-state index contributed by atoms with van der Waals surface area (Å²) in [5.74, 6) is -0.594. The van der Waals surface area contributed by atoms with Crippen LogP contribution in [0.5, 0.6) is 5.75 Å². The molecule has 212 valence electrons. The molecule has 2 saturated heterocycles. The monoisotopic (exact) mass is 528 g/mol. The fourth-order valence-corrected chi connectivity index (χ4v) is 5.54. The minimum atomic E-state index is -0.644. The van der Waals surface area contributed by atoms with Gasteiger partial charge in [0, 0.05) is 35.0 Å². The lowest BCUT2D eigenvalue weighted by molar-refractivity contribution is -0.175. The average molecular weight is 529 g/mol. The van der Waals surface area contributed by atoms with E-state index in [9.17, 15) is 9.59 Å². The number of likely N-dealkylation sites (tertiary alicyclic amines) is 2. The predicted molar refractivity (Wildman–Crippen MR) is 151 cm³/mol. The summed E-state index contributed by atoms with van der Waals surface area (Å²) in [6.07, 6.45) is 2.28. The van der Waals surface area contributed by atoms with Crippen molar-refractivity contribution in [3.05, 3.63) is 35.4 Å². The van der Waals surface area contributed by atoms with Gasteiger partial charge in [-0.15, -0.1) is 0 Å². The Morgan fingerprint density at radius 3 is 1.53 bits per heavy atom. The minimum Gasteiger partial charge on any atom is -0.497 e. The number of carbonyl (C=O) groups excluding carboxylic acids is 2. The Kier molecular flexibility index (Phi) is 8.45. The molecule has 0 bridgehead atoms.